The van der Waals surface area contributed by atoms with Crippen LogP contribution in [0.3, 0.4) is 0 Å². The monoisotopic (exact) mass is 415 g/mol. The number of hydrogen-bond acceptors (Lipinski definition) is 7. The third-order valence-electron chi connectivity index (χ3n) is 3.41. The van der Waals surface area contributed by atoms with Crippen molar-refractivity contribution in [2.24, 2.45) is 5.73 Å². The van der Waals surface area contributed by atoms with E-state index in [0.717, 1.165) is 11.3 Å². The van der Waals surface area contributed by atoms with Gasteiger partial charge in [0, 0.05) is 24.7 Å². The highest BCUT2D eigenvalue weighted by molar-refractivity contribution is 7.93. The molecule has 3 N–H and O–H groups in total. The summed E-state index contributed by atoms with van der Waals surface area (Å²) in [5.74, 6) is -0.428. The standard InChI is InChI=1S/C16H18ClN3O4S2/c1-3-15(12-5-4-6-14(17)13(12)7-18)26(22,23)20-16-19-8-11(25-16)9-24-10(2)21/h3-6,8,15H,1,7,9,18H2,2H3,(H,19,20). The topological polar surface area (TPSA) is 111 Å². The molecule has 0 aliphatic carbocycles. The molecule has 7 nitrogen and oxygen atoms in total. The van der Waals surface area contributed by atoms with Gasteiger partial charge in [0.1, 0.15) is 11.9 Å². The summed E-state index contributed by atoms with van der Waals surface area (Å²) in [6.07, 6.45) is 2.75. The summed E-state index contributed by atoms with van der Waals surface area (Å²) >= 11 is 7.20. The van der Waals surface area contributed by atoms with Gasteiger partial charge in [-0.3, -0.25) is 9.52 Å². The molecule has 0 amide bonds. The number of hydrogen-bond donors (Lipinski definition) is 2. The number of esters is 1. The number of aromatic nitrogens is 1. The van der Waals surface area contributed by atoms with Gasteiger partial charge in [0.2, 0.25) is 10.0 Å². The zero-order chi connectivity index (χ0) is 19.3. The van der Waals surface area contributed by atoms with Gasteiger partial charge in [-0.15, -0.1) is 6.58 Å². The van der Waals surface area contributed by atoms with Crippen molar-refractivity contribution in [2.75, 3.05) is 4.72 Å². The number of nitrogens with one attached hydrogen (secondary N) is 1. The zero-order valence-electron chi connectivity index (χ0n) is 13.9. The van der Waals surface area contributed by atoms with Crippen LogP contribution in [0.4, 0.5) is 5.13 Å². The van der Waals surface area contributed by atoms with Crippen LogP contribution in [0.25, 0.3) is 0 Å². The maximum atomic E-state index is 12.8. The van der Waals surface area contributed by atoms with Gasteiger partial charge in [-0.1, -0.05) is 41.1 Å². The molecule has 1 aromatic carbocycles. The number of sulfonamides is 1. The van der Waals surface area contributed by atoms with Crippen LogP contribution in [0.2, 0.25) is 5.02 Å². The summed E-state index contributed by atoms with van der Waals surface area (Å²) in [7, 11) is -3.89. The summed E-state index contributed by atoms with van der Waals surface area (Å²) in [6.45, 7) is 5.05. The van der Waals surface area contributed by atoms with Crippen LogP contribution in [0.5, 0.6) is 0 Å². The molecule has 1 heterocycles. The van der Waals surface area contributed by atoms with Gasteiger partial charge in [-0.05, 0) is 17.2 Å². The third-order valence-corrected chi connectivity index (χ3v) is 6.38. The minimum Gasteiger partial charge on any atom is -0.460 e. The highest BCUT2D eigenvalue weighted by Gasteiger charge is 2.28. The number of carbonyl (C=O) groups excluding carboxylic acids is 1. The van der Waals surface area contributed by atoms with E-state index in [1.807, 2.05) is 0 Å². The number of thiazole rings is 1. The Bertz CT molecular complexity index is 912. The van der Waals surface area contributed by atoms with Crippen LogP contribution < -0.4 is 10.5 Å². The lowest BCUT2D eigenvalue weighted by atomic mass is 10.0. The molecule has 26 heavy (non-hydrogen) atoms. The maximum absolute atomic E-state index is 12.8. The molecule has 1 aromatic heterocycles. The van der Waals surface area contributed by atoms with Gasteiger partial charge >= 0.3 is 5.97 Å². The van der Waals surface area contributed by atoms with Crippen LogP contribution in [0, 0.1) is 0 Å². The first kappa shape index (κ1) is 20.4. The van der Waals surface area contributed by atoms with Gasteiger partial charge in [0.05, 0.1) is 4.88 Å². The van der Waals surface area contributed by atoms with E-state index in [0.29, 0.717) is 21.0 Å². The van der Waals surface area contributed by atoms with Gasteiger partial charge in [0.25, 0.3) is 0 Å². The summed E-state index contributed by atoms with van der Waals surface area (Å²) in [5, 5.41) is -0.499. The first-order chi connectivity index (χ1) is 12.3. The number of nitrogens with two attached hydrogens (primary N) is 1. The van der Waals surface area contributed by atoms with Crippen molar-refractivity contribution in [1.82, 2.24) is 4.98 Å². The molecule has 0 bridgehead atoms. The Morgan fingerprint density at radius 2 is 2.27 bits per heavy atom. The molecule has 10 heteroatoms. The molecule has 0 fully saturated rings. The fraction of sp³-hybridized carbons (Fsp3) is 0.250. The quantitative estimate of drug-likeness (QED) is 0.506. The van der Waals surface area contributed by atoms with Crippen LogP contribution >= 0.6 is 22.9 Å². The van der Waals surface area contributed by atoms with Crippen molar-refractivity contribution in [3.05, 3.63) is 58.1 Å². The van der Waals surface area contributed by atoms with E-state index in [2.05, 4.69) is 16.3 Å². The Morgan fingerprint density at radius 1 is 1.54 bits per heavy atom. The Hall–Kier alpha value is -1.94. The number of benzene rings is 1. The Balaban J connectivity index is 2.27. The normalized spacial score (nSPS) is 12.4. The minimum atomic E-state index is -3.89. The number of halogens is 1. The van der Waals surface area contributed by atoms with Crippen molar-refractivity contribution >= 4 is 44.1 Å². The van der Waals surface area contributed by atoms with Gasteiger partial charge < -0.3 is 10.5 Å². The molecule has 0 saturated heterocycles. The van der Waals surface area contributed by atoms with Crippen molar-refractivity contribution < 1.29 is 17.9 Å². The number of rotatable bonds is 8. The summed E-state index contributed by atoms with van der Waals surface area (Å²) in [5.41, 5.74) is 6.71. The second-order valence-corrected chi connectivity index (χ2v) is 8.55. The molecule has 2 aromatic rings. The molecule has 2 rings (SSSR count). The van der Waals surface area contributed by atoms with Crippen LogP contribution in [0.1, 0.15) is 28.2 Å². The molecular formula is C16H18ClN3O4S2. The minimum absolute atomic E-state index is 0.0330. The predicted octanol–water partition coefficient (Wildman–Crippen LogP) is 2.99. The van der Waals surface area contributed by atoms with Gasteiger partial charge in [-0.25, -0.2) is 13.4 Å². The average molecular weight is 416 g/mol. The van der Waals surface area contributed by atoms with E-state index in [1.165, 1.54) is 19.2 Å². The van der Waals surface area contributed by atoms with Crippen molar-refractivity contribution in [3.8, 4) is 0 Å². The molecule has 0 aliphatic heterocycles. The van der Waals surface area contributed by atoms with Crippen LogP contribution in [0.15, 0.2) is 37.1 Å². The Morgan fingerprint density at radius 3 is 2.88 bits per heavy atom. The molecule has 1 atom stereocenters. The smallest absolute Gasteiger partial charge is 0.302 e. The molecular weight excluding hydrogens is 398 g/mol. The number of nitrogens with zero attached hydrogens (tertiary/aromatic N) is 1. The summed E-state index contributed by atoms with van der Waals surface area (Å²) in [6, 6.07) is 4.95. The summed E-state index contributed by atoms with van der Waals surface area (Å²) in [4.78, 5) is 15.5. The van der Waals surface area contributed by atoms with Crippen molar-refractivity contribution in [1.29, 1.82) is 0 Å². The van der Waals surface area contributed by atoms with Gasteiger partial charge in [-0.2, -0.15) is 0 Å². The highest BCUT2D eigenvalue weighted by Crippen LogP contribution is 2.32. The van der Waals surface area contributed by atoms with E-state index in [4.69, 9.17) is 22.1 Å². The zero-order valence-corrected chi connectivity index (χ0v) is 16.3. The average Bonchev–Trinajstić information content (AvgIpc) is 3.00. The van der Waals surface area contributed by atoms with E-state index in [-0.39, 0.29) is 18.3 Å². The first-order valence-corrected chi connectivity index (χ1v) is 10.2. The van der Waals surface area contributed by atoms with Crippen molar-refractivity contribution in [2.45, 2.75) is 25.3 Å². The predicted molar refractivity (Wildman–Crippen MR) is 102 cm³/mol. The molecule has 0 spiro atoms. The lowest BCUT2D eigenvalue weighted by molar-refractivity contribution is -0.142. The lowest BCUT2D eigenvalue weighted by Gasteiger charge is -2.18. The van der Waals surface area contributed by atoms with E-state index in [9.17, 15) is 13.2 Å². The van der Waals surface area contributed by atoms with Crippen molar-refractivity contribution in [3.63, 3.8) is 0 Å². The number of anilines is 1. The van der Waals surface area contributed by atoms with Gasteiger partial charge in [0.15, 0.2) is 5.13 Å². The van der Waals surface area contributed by atoms with E-state index < -0.39 is 21.2 Å². The fourth-order valence-corrected chi connectivity index (χ4v) is 4.84. The SMILES string of the molecule is C=CC(c1cccc(Cl)c1CN)S(=O)(=O)Nc1ncc(COC(C)=O)s1. The molecule has 0 saturated carbocycles. The van der Waals surface area contributed by atoms with Crippen LogP contribution in [-0.4, -0.2) is 19.4 Å². The third kappa shape index (κ3) is 4.82. The first-order valence-electron chi connectivity index (χ1n) is 7.48. The second kappa shape index (κ2) is 8.63. The molecule has 140 valence electrons. The largest absolute Gasteiger partial charge is 0.460 e. The second-order valence-electron chi connectivity index (χ2n) is 5.23. The molecule has 0 radical (unpaired) electrons. The highest BCUT2D eigenvalue weighted by atomic mass is 35.5. The Labute approximate surface area is 160 Å². The molecule has 1 unspecified atom stereocenters. The number of ether oxygens (including phenoxy) is 1. The number of carbonyl (C=O) groups is 1. The Kier molecular flexibility index (Phi) is 6.76. The maximum Gasteiger partial charge on any atom is 0.302 e. The fourth-order valence-electron chi connectivity index (χ4n) is 2.26. The van der Waals surface area contributed by atoms with Crippen LogP contribution in [-0.2, 0) is 32.7 Å². The molecule has 0 aliphatic rings. The summed E-state index contributed by atoms with van der Waals surface area (Å²) < 4.78 is 32.9. The van der Waals surface area contributed by atoms with E-state index in [1.54, 1.807) is 18.2 Å². The lowest BCUT2D eigenvalue weighted by Crippen LogP contribution is -2.21. The van der Waals surface area contributed by atoms with E-state index >= 15 is 0 Å².